The van der Waals surface area contributed by atoms with E-state index in [0.717, 1.165) is 24.1 Å². The van der Waals surface area contributed by atoms with Gasteiger partial charge in [-0.3, -0.25) is 9.80 Å². The van der Waals surface area contributed by atoms with Crippen LogP contribution in [0.15, 0.2) is 65.2 Å². The fourth-order valence-electron chi connectivity index (χ4n) is 4.98. The normalized spacial score (nSPS) is 24.0. The van der Waals surface area contributed by atoms with E-state index in [0.29, 0.717) is 29.4 Å². The topological polar surface area (TPSA) is 107 Å². The summed E-state index contributed by atoms with van der Waals surface area (Å²) in [5.41, 5.74) is 5.62. The molecule has 2 aromatic carbocycles. The van der Waals surface area contributed by atoms with Crippen LogP contribution < -0.4 is 15.8 Å². The van der Waals surface area contributed by atoms with Crippen LogP contribution in [-0.4, -0.2) is 50.4 Å². The first-order chi connectivity index (χ1) is 16.9. The van der Waals surface area contributed by atoms with Crippen molar-refractivity contribution in [3.8, 4) is 17.2 Å². The molecule has 0 bridgehead atoms. The molecule has 0 aliphatic carbocycles. The van der Waals surface area contributed by atoms with Gasteiger partial charge in [0.2, 0.25) is 11.8 Å². The van der Waals surface area contributed by atoms with Gasteiger partial charge in [-0.05, 0) is 69.2 Å². The minimum atomic E-state index is -0.346. The van der Waals surface area contributed by atoms with Gasteiger partial charge in [0.05, 0.1) is 5.69 Å². The number of aromatic hydroxyl groups is 1. The number of nitrogens with one attached hydrogen (secondary N) is 2. The maximum absolute atomic E-state index is 13.8. The molecule has 182 valence electrons. The van der Waals surface area contributed by atoms with Gasteiger partial charge < -0.3 is 19.7 Å². The number of carbonyl (C=O) groups is 1. The highest BCUT2D eigenvalue weighted by Gasteiger charge is 2.37. The van der Waals surface area contributed by atoms with Gasteiger partial charge in [0, 0.05) is 42.4 Å². The van der Waals surface area contributed by atoms with Crippen molar-refractivity contribution in [3.05, 3.63) is 72.3 Å². The SMILES string of the molecule is Cc1nnc(-c2cccc(N3C=CC(N(C(=O)c4cccc(O)c4)C4C[C@@H](C)N[C@@H](C)C4)N3)c2)o1. The van der Waals surface area contributed by atoms with Gasteiger partial charge in [0.25, 0.3) is 5.91 Å². The summed E-state index contributed by atoms with van der Waals surface area (Å²) in [5, 5.41) is 23.5. The number of carbonyl (C=O) groups excluding carboxylic acids is 1. The number of phenolic OH excluding ortho intramolecular Hbond substituents is 1. The predicted octanol–water partition coefficient (Wildman–Crippen LogP) is 3.59. The Balaban J connectivity index is 1.41. The highest BCUT2D eigenvalue weighted by atomic mass is 16.4. The lowest BCUT2D eigenvalue weighted by atomic mass is 9.93. The first-order valence-corrected chi connectivity index (χ1v) is 11.9. The molecule has 0 spiro atoms. The first kappa shape index (κ1) is 23.1. The van der Waals surface area contributed by atoms with Crippen LogP contribution in [0.25, 0.3) is 11.5 Å². The summed E-state index contributed by atoms with van der Waals surface area (Å²) in [7, 11) is 0. The number of rotatable bonds is 5. The molecule has 9 nitrogen and oxygen atoms in total. The standard InChI is InChI=1S/C26H30N6O3/c1-16-12-22(13-17(2)27-16)32(26(34)20-7-5-9-23(33)15-20)24-10-11-31(30-24)21-8-4-6-19(14-21)25-29-28-18(3)35-25/h4-11,14-17,22,24,27,30,33H,12-13H2,1-3H3/t16-,17+,22?,24?. The average molecular weight is 475 g/mol. The quantitative estimate of drug-likeness (QED) is 0.515. The molecule has 1 saturated heterocycles. The van der Waals surface area contributed by atoms with Gasteiger partial charge in [0.15, 0.2) is 0 Å². The van der Waals surface area contributed by atoms with Gasteiger partial charge in [-0.1, -0.05) is 12.1 Å². The molecule has 0 saturated carbocycles. The Hall–Kier alpha value is -3.69. The zero-order valence-corrected chi connectivity index (χ0v) is 20.0. The summed E-state index contributed by atoms with van der Waals surface area (Å²) in [4.78, 5) is 15.7. The summed E-state index contributed by atoms with van der Waals surface area (Å²) in [6.07, 6.45) is 5.25. The number of aryl methyl sites for hydroxylation is 1. The molecule has 1 fully saturated rings. The zero-order chi connectivity index (χ0) is 24.5. The number of hydrogen-bond donors (Lipinski definition) is 3. The summed E-state index contributed by atoms with van der Waals surface area (Å²) in [6, 6.07) is 14.9. The van der Waals surface area contributed by atoms with E-state index in [4.69, 9.17) is 4.42 Å². The van der Waals surface area contributed by atoms with Crippen molar-refractivity contribution < 1.29 is 14.3 Å². The fourth-order valence-corrected chi connectivity index (χ4v) is 4.98. The molecule has 3 aromatic rings. The lowest BCUT2D eigenvalue weighted by molar-refractivity contribution is 0.0496. The van der Waals surface area contributed by atoms with Gasteiger partial charge in [-0.15, -0.1) is 10.2 Å². The Morgan fingerprint density at radius 1 is 1.11 bits per heavy atom. The number of hydrogen-bond acceptors (Lipinski definition) is 8. The molecule has 1 amide bonds. The van der Waals surface area contributed by atoms with E-state index >= 15 is 0 Å². The molecule has 35 heavy (non-hydrogen) atoms. The number of hydrazine groups is 1. The number of phenols is 1. The molecule has 2 aliphatic heterocycles. The highest BCUT2D eigenvalue weighted by molar-refractivity contribution is 5.95. The first-order valence-electron chi connectivity index (χ1n) is 11.9. The third kappa shape index (κ3) is 4.91. The number of amides is 1. The largest absolute Gasteiger partial charge is 0.508 e. The van der Waals surface area contributed by atoms with Gasteiger partial charge >= 0.3 is 0 Å². The van der Waals surface area contributed by atoms with Crippen molar-refractivity contribution in [2.45, 2.75) is 57.9 Å². The van der Waals surface area contributed by atoms with E-state index in [2.05, 4.69) is 34.8 Å². The van der Waals surface area contributed by atoms with Crippen molar-refractivity contribution >= 4 is 11.6 Å². The molecule has 0 radical (unpaired) electrons. The third-order valence-corrected chi connectivity index (χ3v) is 6.43. The zero-order valence-electron chi connectivity index (χ0n) is 20.0. The maximum Gasteiger partial charge on any atom is 0.255 e. The van der Waals surface area contributed by atoms with E-state index in [1.165, 1.54) is 6.07 Å². The second kappa shape index (κ2) is 9.52. The lowest BCUT2D eigenvalue weighted by Crippen LogP contribution is -2.58. The van der Waals surface area contributed by atoms with Crippen LogP contribution in [0.3, 0.4) is 0 Å². The van der Waals surface area contributed by atoms with Crippen LogP contribution >= 0.6 is 0 Å². The fraction of sp³-hybridized carbons (Fsp3) is 0.346. The molecular formula is C26H30N6O3. The molecule has 2 unspecified atom stereocenters. The third-order valence-electron chi connectivity index (χ3n) is 6.43. The smallest absolute Gasteiger partial charge is 0.255 e. The summed E-state index contributed by atoms with van der Waals surface area (Å²) in [6.45, 7) is 6.06. The highest BCUT2D eigenvalue weighted by Crippen LogP contribution is 2.29. The molecule has 9 heteroatoms. The molecular weight excluding hydrogens is 444 g/mol. The molecule has 1 aromatic heterocycles. The molecule has 3 heterocycles. The van der Waals surface area contributed by atoms with Crippen LogP contribution in [0.1, 0.15) is 42.9 Å². The van der Waals surface area contributed by atoms with E-state index < -0.39 is 0 Å². The maximum atomic E-state index is 13.8. The number of aromatic nitrogens is 2. The Kier molecular flexibility index (Phi) is 6.27. The number of benzene rings is 2. The lowest BCUT2D eigenvalue weighted by Gasteiger charge is -2.42. The van der Waals surface area contributed by atoms with Crippen molar-refractivity contribution in [3.63, 3.8) is 0 Å². The van der Waals surface area contributed by atoms with Crippen molar-refractivity contribution in [2.75, 3.05) is 5.01 Å². The van der Waals surface area contributed by atoms with Gasteiger partial charge in [-0.2, -0.15) is 0 Å². The van der Waals surface area contributed by atoms with Crippen molar-refractivity contribution in [2.24, 2.45) is 0 Å². The molecule has 4 atom stereocenters. The number of anilines is 1. The van der Waals surface area contributed by atoms with Crippen LogP contribution in [0, 0.1) is 6.92 Å². The van der Waals surface area contributed by atoms with E-state index in [-0.39, 0.29) is 23.9 Å². The van der Waals surface area contributed by atoms with Crippen LogP contribution in [0.2, 0.25) is 0 Å². The number of piperidine rings is 1. The van der Waals surface area contributed by atoms with Crippen molar-refractivity contribution in [1.29, 1.82) is 0 Å². The van der Waals surface area contributed by atoms with Crippen molar-refractivity contribution in [1.82, 2.24) is 25.8 Å². The van der Waals surface area contributed by atoms with E-state index in [1.807, 2.05) is 46.5 Å². The Labute approximate surface area is 204 Å². The summed E-state index contributed by atoms with van der Waals surface area (Å²) < 4.78 is 5.58. The van der Waals surface area contributed by atoms with E-state index in [1.54, 1.807) is 25.1 Å². The second-order valence-corrected chi connectivity index (χ2v) is 9.32. The second-order valence-electron chi connectivity index (χ2n) is 9.32. The van der Waals surface area contributed by atoms with E-state index in [9.17, 15) is 9.90 Å². The number of nitrogens with zero attached hydrogens (tertiary/aromatic N) is 4. The van der Waals surface area contributed by atoms with Crippen LogP contribution in [0.5, 0.6) is 5.75 Å². The minimum Gasteiger partial charge on any atom is -0.508 e. The van der Waals surface area contributed by atoms with Gasteiger partial charge in [0.1, 0.15) is 11.9 Å². The Bertz CT molecular complexity index is 1230. The van der Waals surface area contributed by atoms with Crippen LogP contribution in [-0.2, 0) is 0 Å². The monoisotopic (exact) mass is 474 g/mol. The predicted molar refractivity (Wildman–Crippen MR) is 132 cm³/mol. The summed E-state index contributed by atoms with van der Waals surface area (Å²) >= 11 is 0. The Morgan fingerprint density at radius 2 is 1.89 bits per heavy atom. The van der Waals surface area contributed by atoms with Crippen LogP contribution in [0.4, 0.5) is 5.69 Å². The minimum absolute atomic E-state index is 0.0332. The average Bonchev–Trinajstić information content (AvgIpc) is 3.48. The molecule has 2 aliphatic rings. The molecule has 5 rings (SSSR count). The Morgan fingerprint density at radius 3 is 2.60 bits per heavy atom. The molecule has 3 N–H and O–H groups in total. The summed E-state index contributed by atoms with van der Waals surface area (Å²) in [5.74, 6) is 0.928. The van der Waals surface area contributed by atoms with Gasteiger partial charge in [-0.25, -0.2) is 5.43 Å².